The van der Waals surface area contributed by atoms with Crippen molar-refractivity contribution >= 4 is 23.7 Å². The quantitative estimate of drug-likeness (QED) is 0.148. The van der Waals surface area contributed by atoms with Gasteiger partial charge in [-0.2, -0.15) is 0 Å². The zero-order valence-corrected chi connectivity index (χ0v) is 26.9. The third-order valence-electron chi connectivity index (χ3n) is 8.50. The average molecular weight is 662 g/mol. The molecular weight excluding hydrogens is 614 g/mol. The van der Waals surface area contributed by atoms with Gasteiger partial charge in [0.15, 0.2) is 18.0 Å². The van der Waals surface area contributed by atoms with Gasteiger partial charge in [0.05, 0.1) is 6.10 Å². The summed E-state index contributed by atoms with van der Waals surface area (Å²) < 4.78 is 24.8. The fraction of sp³-hybridized carbons (Fsp3) is 0.688. The maximum absolute atomic E-state index is 13.2. The van der Waals surface area contributed by atoms with E-state index in [9.17, 15) is 28.8 Å². The van der Waals surface area contributed by atoms with Gasteiger partial charge in [-0.3, -0.25) is 33.5 Å². The lowest BCUT2D eigenvalue weighted by atomic mass is 10.1. The number of aromatic nitrogens is 2. The minimum Gasteiger partial charge on any atom is -0.455 e. The number of unbranched alkanes of at least 4 members (excludes halogenated alkanes) is 6. The first-order valence-electron chi connectivity index (χ1n) is 16.7. The molecule has 2 saturated heterocycles. The van der Waals surface area contributed by atoms with E-state index in [2.05, 4.69) is 22.5 Å². The molecule has 5 N–H and O–H groups in total. The first-order chi connectivity index (χ1) is 22.7. The fourth-order valence-electron chi connectivity index (χ4n) is 5.92. The molecule has 0 aromatic carbocycles. The Labute approximate surface area is 272 Å². The van der Waals surface area contributed by atoms with Crippen LogP contribution in [0.5, 0.6) is 0 Å². The van der Waals surface area contributed by atoms with Crippen molar-refractivity contribution in [1.29, 1.82) is 0 Å². The van der Waals surface area contributed by atoms with E-state index in [-0.39, 0.29) is 30.9 Å². The summed E-state index contributed by atoms with van der Waals surface area (Å²) in [6.45, 7) is 2.69. The second kappa shape index (κ2) is 17.8. The number of nitrogens with one attached hydrogen (secondary N) is 3. The van der Waals surface area contributed by atoms with Gasteiger partial charge in [0, 0.05) is 31.6 Å². The van der Waals surface area contributed by atoms with E-state index in [1.807, 2.05) is 0 Å². The van der Waals surface area contributed by atoms with Crippen molar-refractivity contribution in [3.8, 4) is 0 Å². The van der Waals surface area contributed by atoms with Crippen LogP contribution in [0.25, 0.3) is 0 Å². The molecule has 3 aliphatic heterocycles. The summed E-state index contributed by atoms with van der Waals surface area (Å²) in [6.07, 6.45) is 7.24. The molecule has 1 aromatic heterocycles. The van der Waals surface area contributed by atoms with Crippen LogP contribution < -0.4 is 27.6 Å². The lowest BCUT2D eigenvalue weighted by Gasteiger charge is -2.34. The van der Waals surface area contributed by atoms with Gasteiger partial charge >= 0.3 is 11.7 Å². The molecule has 1 aromatic rings. The summed E-state index contributed by atoms with van der Waals surface area (Å²) in [5.74, 6) is -2.46. The number of ether oxygens (including phenoxy) is 4. The van der Waals surface area contributed by atoms with Crippen LogP contribution in [0.2, 0.25) is 0 Å². The normalized spacial score (nSPS) is 25.1. The number of H-pyrrole nitrogens is 1. The highest BCUT2D eigenvalue weighted by atomic mass is 16.7. The number of nitrogens with zero attached hydrogens (tertiary/aromatic N) is 1. The fourth-order valence-corrected chi connectivity index (χ4v) is 5.92. The predicted molar refractivity (Wildman–Crippen MR) is 167 cm³/mol. The van der Waals surface area contributed by atoms with E-state index in [0.717, 1.165) is 38.5 Å². The lowest BCUT2D eigenvalue weighted by molar-refractivity contribution is -0.231. The van der Waals surface area contributed by atoms with Crippen molar-refractivity contribution in [2.24, 2.45) is 5.73 Å². The second-order valence-corrected chi connectivity index (χ2v) is 12.2. The van der Waals surface area contributed by atoms with E-state index in [0.29, 0.717) is 25.8 Å². The number of hydrogen-bond acceptors (Lipinski definition) is 10. The molecule has 0 radical (unpaired) electrons. The van der Waals surface area contributed by atoms with Crippen LogP contribution in [0, 0.1) is 0 Å². The summed E-state index contributed by atoms with van der Waals surface area (Å²) in [7, 11) is 0. The minimum atomic E-state index is -1.40. The van der Waals surface area contributed by atoms with Crippen LogP contribution in [-0.2, 0) is 38.1 Å². The van der Waals surface area contributed by atoms with Gasteiger partial charge in [-0.05, 0) is 44.6 Å². The second-order valence-electron chi connectivity index (χ2n) is 12.2. The zero-order chi connectivity index (χ0) is 33.8. The first kappa shape index (κ1) is 35.9. The molecule has 260 valence electrons. The summed E-state index contributed by atoms with van der Waals surface area (Å²) >= 11 is 0. The Morgan fingerprint density at radius 1 is 1.06 bits per heavy atom. The molecule has 3 aliphatic rings. The number of amides is 3. The highest BCUT2D eigenvalue weighted by Gasteiger charge is 2.42. The van der Waals surface area contributed by atoms with E-state index < -0.39 is 65.9 Å². The van der Waals surface area contributed by atoms with Gasteiger partial charge in [-0.1, -0.05) is 45.4 Å². The average Bonchev–Trinajstić information content (AvgIpc) is 3.42. The molecule has 4 rings (SSSR count). The standard InChI is InChI=1S/C32H47N5O10/c1-2-3-4-5-6-7-8-12-26(39)45-23-14-13-22(30(42)35-20-11-9-10-18-34-29(20)41)46-31(23)47-27(28(33)40)21-15-16-25(44-21)37-19-17-24(38)36-32(37)43/h13,17,19-21,23,25,27,31H,2-12,14-16,18H2,1H3,(H2,33,40)(H,34,41)(H,35,42)(H,36,38,43)/t20?,21?,23-,25?,27?,31?/m0/s1. The maximum atomic E-state index is 13.2. The van der Waals surface area contributed by atoms with Crippen molar-refractivity contribution < 1.29 is 38.1 Å². The molecule has 0 saturated carbocycles. The minimum absolute atomic E-state index is 0.0411. The van der Waals surface area contributed by atoms with Gasteiger partial charge in [-0.25, -0.2) is 4.79 Å². The predicted octanol–water partition coefficient (Wildman–Crippen LogP) is 1.55. The molecule has 0 spiro atoms. The SMILES string of the molecule is CCCCCCCCCC(=O)O[C@H]1CC=C(C(=O)NC2CCCCNC2=O)OC1OC(C(N)=O)C1CCC(n2ccc(=O)[nH]c2=O)O1. The van der Waals surface area contributed by atoms with Crippen LogP contribution in [-0.4, -0.2) is 70.4 Å². The number of rotatable bonds is 16. The van der Waals surface area contributed by atoms with E-state index in [1.54, 1.807) is 0 Å². The van der Waals surface area contributed by atoms with Crippen molar-refractivity contribution in [3.05, 3.63) is 44.9 Å². The third-order valence-corrected chi connectivity index (χ3v) is 8.50. The highest BCUT2D eigenvalue weighted by molar-refractivity contribution is 5.95. The monoisotopic (exact) mass is 661 g/mol. The van der Waals surface area contributed by atoms with Crippen LogP contribution in [0.15, 0.2) is 33.7 Å². The molecule has 4 heterocycles. The molecule has 6 atom stereocenters. The van der Waals surface area contributed by atoms with Gasteiger partial charge < -0.3 is 35.3 Å². The topological polar surface area (TPSA) is 210 Å². The number of hydrogen-bond donors (Lipinski definition) is 4. The van der Waals surface area contributed by atoms with Gasteiger partial charge in [-0.15, -0.1) is 0 Å². The number of nitrogens with two attached hydrogens (primary N) is 1. The summed E-state index contributed by atoms with van der Waals surface area (Å²) in [5, 5.41) is 5.45. The third kappa shape index (κ3) is 10.5. The lowest BCUT2D eigenvalue weighted by Crippen LogP contribution is -2.50. The Balaban J connectivity index is 1.44. The maximum Gasteiger partial charge on any atom is 0.330 e. The van der Waals surface area contributed by atoms with Gasteiger partial charge in [0.2, 0.25) is 18.1 Å². The molecule has 0 aliphatic carbocycles. The smallest absolute Gasteiger partial charge is 0.330 e. The molecule has 3 amide bonds. The molecule has 15 nitrogen and oxygen atoms in total. The number of primary amides is 1. The Kier molecular flexibility index (Phi) is 13.6. The molecular formula is C32H47N5O10. The molecule has 47 heavy (non-hydrogen) atoms. The van der Waals surface area contributed by atoms with E-state index >= 15 is 0 Å². The van der Waals surface area contributed by atoms with Crippen molar-refractivity contribution in [1.82, 2.24) is 20.2 Å². The summed E-state index contributed by atoms with van der Waals surface area (Å²) in [6, 6.07) is 0.434. The Morgan fingerprint density at radius 2 is 1.83 bits per heavy atom. The van der Waals surface area contributed by atoms with Crippen molar-refractivity contribution in [2.75, 3.05) is 6.54 Å². The summed E-state index contributed by atoms with van der Waals surface area (Å²) in [5.41, 5.74) is 4.49. The molecule has 15 heteroatoms. The molecule has 5 unspecified atom stereocenters. The largest absolute Gasteiger partial charge is 0.455 e. The van der Waals surface area contributed by atoms with E-state index in [1.165, 1.54) is 35.7 Å². The Hall–Kier alpha value is -3.98. The van der Waals surface area contributed by atoms with Gasteiger partial charge in [0.1, 0.15) is 12.3 Å². The van der Waals surface area contributed by atoms with Crippen LogP contribution in [0.1, 0.15) is 103 Å². The van der Waals surface area contributed by atoms with Gasteiger partial charge in [0.25, 0.3) is 11.5 Å². The number of carbonyl (C=O) groups is 4. The highest BCUT2D eigenvalue weighted by Crippen LogP contribution is 2.32. The zero-order valence-electron chi connectivity index (χ0n) is 26.9. The van der Waals surface area contributed by atoms with Crippen LogP contribution in [0.3, 0.4) is 0 Å². The van der Waals surface area contributed by atoms with Crippen LogP contribution in [0.4, 0.5) is 0 Å². The number of aromatic amines is 1. The Morgan fingerprint density at radius 3 is 2.57 bits per heavy atom. The van der Waals surface area contributed by atoms with Crippen molar-refractivity contribution in [3.63, 3.8) is 0 Å². The van der Waals surface area contributed by atoms with Crippen molar-refractivity contribution in [2.45, 2.75) is 134 Å². The first-order valence-corrected chi connectivity index (χ1v) is 16.7. The summed E-state index contributed by atoms with van der Waals surface area (Å²) in [4.78, 5) is 77.0. The number of carbonyl (C=O) groups excluding carboxylic acids is 4. The molecule has 0 bridgehead atoms. The van der Waals surface area contributed by atoms with Crippen LogP contribution >= 0.6 is 0 Å². The number of esters is 1. The molecule has 2 fully saturated rings. The Bertz CT molecular complexity index is 1390. The van der Waals surface area contributed by atoms with E-state index in [4.69, 9.17) is 24.7 Å².